The number of nitrogens with one attached hydrogen (secondary N) is 1. The summed E-state index contributed by atoms with van der Waals surface area (Å²) in [5, 5.41) is 2.30. The molecule has 1 atom stereocenters. The molecule has 1 saturated heterocycles. The van der Waals surface area contributed by atoms with E-state index < -0.39 is 17.2 Å². The van der Waals surface area contributed by atoms with Crippen molar-refractivity contribution >= 4 is 17.7 Å². The van der Waals surface area contributed by atoms with Gasteiger partial charge in [0.05, 0.1) is 19.1 Å². The first-order valence-corrected chi connectivity index (χ1v) is 8.59. The molecule has 2 aliphatic heterocycles. The molecule has 1 N–H and O–H groups in total. The van der Waals surface area contributed by atoms with Crippen LogP contribution in [0.25, 0.3) is 0 Å². The smallest absolute Gasteiger partial charge is 0.254 e. The molecule has 0 radical (unpaired) electrons. The Morgan fingerprint density at radius 3 is 2.71 bits per heavy atom. The van der Waals surface area contributed by atoms with Crippen molar-refractivity contribution in [2.24, 2.45) is 5.41 Å². The molecule has 8 heteroatoms. The molecule has 2 aromatic rings. The number of methoxy groups -OCH3 is 1. The van der Waals surface area contributed by atoms with Gasteiger partial charge in [-0.1, -0.05) is 17.9 Å². The highest BCUT2D eigenvalue weighted by Gasteiger charge is 2.48. The first kappa shape index (κ1) is 17.7. The number of nitrogens with zero attached hydrogens (tertiary/aromatic N) is 3. The van der Waals surface area contributed by atoms with E-state index in [9.17, 15) is 14.4 Å². The zero-order valence-corrected chi connectivity index (χ0v) is 15.1. The van der Waals surface area contributed by atoms with Crippen LogP contribution in [0.3, 0.4) is 0 Å². The first-order chi connectivity index (χ1) is 13.5. The Morgan fingerprint density at radius 2 is 2.04 bits per heavy atom. The highest BCUT2D eigenvalue weighted by molar-refractivity contribution is 6.08. The normalized spacial score (nSPS) is 20.5. The SMILES string of the molecule is COc1ccc2c(c1)C(=O)N(C[C@@]1(C#Cc3cncnc3)CC(=O)NC1=O)C2. The molecule has 0 saturated carbocycles. The Labute approximate surface area is 160 Å². The van der Waals surface area contributed by atoms with Crippen LogP contribution >= 0.6 is 0 Å². The number of aromatic nitrogens is 2. The number of imide groups is 1. The van der Waals surface area contributed by atoms with Gasteiger partial charge in [0, 0.05) is 31.0 Å². The molecule has 3 heterocycles. The van der Waals surface area contributed by atoms with Gasteiger partial charge in [0.15, 0.2) is 0 Å². The standard InChI is InChI=1S/C20H16N4O4/c1-28-15-3-2-14-10-24(18(26)16(14)6-15)11-20(7-17(25)23-19(20)27)5-4-13-8-21-12-22-9-13/h2-3,6,8-9,12H,7,10-11H2,1H3,(H,23,25,27)/t20-/m1/s1. The maximum absolute atomic E-state index is 12.8. The number of rotatable bonds is 3. The molecule has 2 aliphatic rings. The molecule has 0 unspecified atom stereocenters. The summed E-state index contributed by atoms with van der Waals surface area (Å²) in [6.45, 7) is 0.360. The fourth-order valence-corrected chi connectivity index (χ4v) is 3.39. The fourth-order valence-electron chi connectivity index (χ4n) is 3.39. The van der Waals surface area contributed by atoms with Crippen LogP contribution in [0, 0.1) is 17.3 Å². The van der Waals surface area contributed by atoms with Crippen LogP contribution in [0.4, 0.5) is 0 Å². The molecule has 1 fully saturated rings. The maximum Gasteiger partial charge on any atom is 0.254 e. The van der Waals surface area contributed by atoms with E-state index in [0.717, 1.165) is 5.56 Å². The number of amides is 3. The van der Waals surface area contributed by atoms with Gasteiger partial charge in [-0.3, -0.25) is 19.7 Å². The Hall–Kier alpha value is -3.73. The minimum atomic E-state index is -1.31. The number of ether oxygens (including phenoxy) is 1. The number of benzene rings is 1. The third-order valence-electron chi connectivity index (χ3n) is 4.81. The topological polar surface area (TPSA) is 101 Å². The summed E-state index contributed by atoms with van der Waals surface area (Å²) >= 11 is 0. The quantitative estimate of drug-likeness (QED) is 0.619. The van der Waals surface area contributed by atoms with Gasteiger partial charge >= 0.3 is 0 Å². The van der Waals surface area contributed by atoms with E-state index in [1.165, 1.54) is 25.8 Å². The number of hydrogen-bond acceptors (Lipinski definition) is 6. The minimum Gasteiger partial charge on any atom is -0.497 e. The van der Waals surface area contributed by atoms with Crippen molar-refractivity contribution < 1.29 is 19.1 Å². The molecule has 0 aliphatic carbocycles. The zero-order valence-electron chi connectivity index (χ0n) is 15.1. The number of carbonyl (C=O) groups is 3. The first-order valence-electron chi connectivity index (χ1n) is 8.59. The van der Waals surface area contributed by atoms with Crippen molar-refractivity contribution in [1.82, 2.24) is 20.2 Å². The lowest BCUT2D eigenvalue weighted by atomic mass is 9.86. The summed E-state index contributed by atoms with van der Waals surface area (Å²) in [5.41, 5.74) is 0.586. The fraction of sp³-hybridized carbons (Fsp3) is 0.250. The second-order valence-corrected chi connectivity index (χ2v) is 6.70. The van der Waals surface area contributed by atoms with E-state index >= 15 is 0 Å². The van der Waals surface area contributed by atoms with Gasteiger partial charge in [-0.25, -0.2) is 9.97 Å². The van der Waals surface area contributed by atoms with Crippen molar-refractivity contribution in [3.8, 4) is 17.6 Å². The molecule has 3 amide bonds. The predicted octanol–water partition coefficient (Wildman–Crippen LogP) is 0.526. The second kappa shape index (κ2) is 6.78. The van der Waals surface area contributed by atoms with Crippen molar-refractivity contribution in [1.29, 1.82) is 0 Å². The van der Waals surface area contributed by atoms with E-state index in [4.69, 9.17) is 4.74 Å². The van der Waals surface area contributed by atoms with Crippen LogP contribution in [0.5, 0.6) is 5.75 Å². The Kier molecular flexibility index (Phi) is 4.28. The van der Waals surface area contributed by atoms with E-state index in [-0.39, 0.29) is 18.9 Å². The van der Waals surface area contributed by atoms with Crippen molar-refractivity contribution in [3.05, 3.63) is 53.6 Å². The van der Waals surface area contributed by atoms with Gasteiger partial charge in [0.2, 0.25) is 11.8 Å². The molecule has 4 rings (SSSR count). The third-order valence-corrected chi connectivity index (χ3v) is 4.81. The third kappa shape index (κ3) is 3.07. The highest BCUT2D eigenvalue weighted by atomic mass is 16.5. The zero-order chi connectivity index (χ0) is 19.7. The highest BCUT2D eigenvalue weighted by Crippen LogP contribution is 2.33. The Bertz CT molecular complexity index is 1040. The molecule has 28 heavy (non-hydrogen) atoms. The monoisotopic (exact) mass is 376 g/mol. The van der Waals surface area contributed by atoms with E-state index in [2.05, 4.69) is 27.1 Å². The van der Waals surface area contributed by atoms with Crippen molar-refractivity contribution in [3.63, 3.8) is 0 Å². The van der Waals surface area contributed by atoms with E-state index in [1.54, 1.807) is 17.0 Å². The van der Waals surface area contributed by atoms with Gasteiger partial charge in [0.25, 0.3) is 5.91 Å². The van der Waals surface area contributed by atoms with Crippen molar-refractivity contribution in [2.45, 2.75) is 13.0 Å². The van der Waals surface area contributed by atoms with Gasteiger partial charge in [-0.2, -0.15) is 0 Å². The number of carbonyl (C=O) groups excluding carboxylic acids is 3. The average molecular weight is 376 g/mol. The van der Waals surface area contributed by atoms with Crippen molar-refractivity contribution in [2.75, 3.05) is 13.7 Å². The lowest BCUT2D eigenvalue weighted by Gasteiger charge is -2.25. The molecule has 8 nitrogen and oxygen atoms in total. The summed E-state index contributed by atoms with van der Waals surface area (Å²) in [6, 6.07) is 5.29. The van der Waals surface area contributed by atoms with Crippen LogP contribution in [0.1, 0.15) is 27.9 Å². The van der Waals surface area contributed by atoms with E-state index in [1.807, 2.05) is 6.07 Å². The molecule has 0 bridgehead atoms. The molecule has 1 aromatic heterocycles. The summed E-state index contributed by atoms with van der Waals surface area (Å²) in [7, 11) is 1.53. The van der Waals surface area contributed by atoms with Gasteiger partial charge in [-0.15, -0.1) is 0 Å². The lowest BCUT2D eigenvalue weighted by Crippen LogP contribution is -2.42. The second-order valence-electron chi connectivity index (χ2n) is 6.70. The average Bonchev–Trinajstić information content (AvgIpc) is 3.16. The summed E-state index contributed by atoms with van der Waals surface area (Å²) in [4.78, 5) is 46.6. The lowest BCUT2D eigenvalue weighted by molar-refractivity contribution is -0.127. The van der Waals surface area contributed by atoms with Crippen LogP contribution in [-0.4, -0.2) is 46.2 Å². The maximum atomic E-state index is 12.8. The summed E-state index contributed by atoms with van der Waals surface area (Å²) in [5.74, 6) is 5.23. The molecule has 1 aromatic carbocycles. The predicted molar refractivity (Wildman–Crippen MR) is 96.8 cm³/mol. The number of hydrogen-bond donors (Lipinski definition) is 1. The van der Waals surface area contributed by atoms with Crippen LogP contribution in [0.2, 0.25) is 0 Å². The van der Waals surface area contributed by atoms with Gasteiger partial charge < -0.3 is 9.64 Å². The van der Waals surface area contributed by atoms with E-state index in [0.29, 0.717) is 23.4 Å². The van der Waals surface area contributed by atoms with Gasteiger partial charge in [-0.05, 0) is 17.7 Å². The molecule has 0 spiro atoms. The Balaban J connectivity index is 1.65. The molecule has 140 valence electrons. The molecular formula is C20H16N4O4. The van der Waals surface area contributed by atoms with Crippen LogP contribution in [0.15, 0.2) is 36.9 Å². The number of fused-ring (bicyclic) bond motifs is 1. The van der Waals surface area contributed by atoms with Crippen LogP contribution < -0.4 is 10.1 Å². The van der Waals surface area contributed by atoms with Gasteiger partial charge in [0.1, 0.15) is 17.5 Å². The molecular weight excluding hydrogens is 360 g/mol. The Morgan fingerprint density at radius 1 is 1.25 bits per heavy atom. The summed E-state index contributed by atoms with van der Waals surface area (Å²) in [6.07, 6.45) is 4.31. The minimum absolute atomic E-state index is 0.0150. The summed E-state index contributed by atoms with van der Waals surface area (Å²) < 4.78 is 5.18. The largest absolute Gasteiger partial charge is 0.497 e. The van der Waals surface area contributed by atoms with Crippen LogP contribution in [-0.2, 0) is 16.1 Å².